The standard InChI is InChI=1S/C19H20N2O4/c22-17(7-6-14-9-11-24-19(14)23)21-10-8-16-15(12-21)20-18(25-16)13-4-2-1-3-5-13/h1-5,14H,6-12H2. The molecule has 1 aromatic carbocycles. The first kappa shape index (κ1) is 15.9. The van der Waals surface area contributed by atoms with Gasteiger partial charge in [-0.25, -0.2) is 4.98 Å². The number of oxazole rings is 1. The summed E-state index contributed by atoms with van der Waals surface area (Å²) in [6.07, 6.45) is 2.33. The molecule has 4 rings (SSSR count). The van der Waals surface area contributed by atoms with Crippen LogP contribution < -0.4 is 0 Å². The summed E-state index contributed by atoms with van der Waals surface area (Å²) in [5, 5.41) is 0. The summed E-state index contributed by atoms with van der Waals surface area (Å²) in [4.78, 5) is 30.3. The highest BCUT2D eigenvalue weighted by atomic mass is 16.5. The maximum absolute atomic E-state index is 12.5. The normalized spacial score (nSPS) is 19.6. The van der Waals surface area contributed by atoms with Crippen LogP contribution in [-0.2, 0) is 27.3 Å². The molecule has 0 bridgehead atoms. The predicted molar refractivity (Wildman–Crippen MR) is 89.4 cm³/mol. The first-order valence-electron chi connectivity index (χ1n) is 8.69. The fourth-order valence-electron chi connectivity index (χ4n) is 3.37. The Hall–Kier alpha value is -2.63. The molecular formula is C19H20N2O4. The van der Waals surface area contributed by atoms with E-state index in [9.17, 15) is 9.59 Å². The number of hydrogen-bond acceptors (Lipinski definition) is 5. The zero-order valence-corrected chi connectivity index (χ0v) is 13.9. The number of hydrogen-bond donors (Lipinski definition) is 0. The molecule has 0 spiro atoms. The topological polar surface area (TPSA) is 72.6 Å². The number of ether oxygens (including phenoxy) is 1. The van der Waals surface area contributed by atoms with Crippen LogP contribution in [0.15, 0.2) is 34.7 Å². The van der Waals surface area contributed by atoms with Gasteiger partial charge in [0.25, 0.3) is 0 Å². The molecule has 2 aromatic rings. The summed E-state index contributed by atoms with van der Waals surface area (Å²) in [6.45, 7) is 1.58. The molecule has 0 saturated carbocycles. The Morgan fingerprint density at radius 2 is 2.12 bits per heavy atom. The lowest BCUT2D eigenvalue weighted by Gasteiger charge is -2.25. The lowest BCUT2D eigenvalue weighted by atomic mass is 10.0. The van der Waals surface area contributed by atoms with Gasteiger partial charge in [-0.1, -0.05) is 18.2 Å². The Kier molecular flexibility index (Phi) is 4.26. The van der Waals surface area contributed by atoms with Crippen LogP contribution in [0.4, 0.5) is 0 Å². The molecular weight excluding hydrogens is 320 g/mol. The molecule has 0 N–H and O–H groups in total. The first-order valence-corrected chi connectivity index (χ1v) is 8.69. The monoisotopic (exact) mass is 340 g/mol. The average molecular weight is 340 g/mol. The number of carbonyl (C=O) groups excluding carboxylic acids is 2. The van der Waals surface area contributed by atoms with E-state index in [0.29, 0.717) is 44.8 Å². The van der Waals surface area contributed by atoms with E-state index in [4.69, 9.17) is 9.15 Å². The van der Waals surface area contributed by atoms with E-state index in [0.717, 1.165) is 23.4 Å². The smallest absolute Gasteiger partial charge is 0.309 e. The van der Waals surface area contributed by atoms with E-state index in [1.54, 1.807) is 4.90 Å². The number of esters is 1. The highest BCUT2D eigenvalue weighted by molar-refractivity contribution is 5.78. The number of carbonyl (C=O) groups is 2. The number of fused-ring (bicyclic) bond motifs is 1. The first-order chi connectivity index (χ1) is 12.2. The van der Waals surface area contributed by atoms with Gasteiger partial charge in [0.05, 0.1) is 19.1 Å². The predicted octanol–water partition coefficient (Wildman–Crippen LogP) is 2.57. The van der Waals surface area contributed by atoms with Gasteiger partial charge in [0.2, 0.25) is 11.8 Å². The van der Waals surface area contributed by atoms with Crippen LogP contribution in [0.5, 0.6) is 0 Å². The maximum Gasteiger partial charge on any atom is 0.309 e. The Labute approximate surface area is 145 Å². The summed E-state index contributed by atoms with van der Waals surface area (Å²) in [5.41, 5.74) is 1.77. The Balaban J connectivity index is 1.39. The van der Waals surface area contributed by atoms with Crippen LogP contribution in [0.3, 0.4) is 0 Å². The van der Waals surface area contributed by atoms with E-state index >= 15 is 0 Å². The molecule has 1 amide bonds. The lowest BCUT2D eigenvalue weighted by Crippen LogP contribution is -2.36. The second-order valence-corrected chi connectivity index (χ2v) is 6.51. The molecule has 6 nitrogen and oxygen atoms in total. The van der Waals surface area contributed by atoms with Gasteiger partial charge in [-0.15, -0.1) is 0 Å². The maximum atomic E-state index is 12.5. The Bertz CT molecular complexity index is 784. The molecule has 0 aliphatic carbocycles. The Morgan fingerprint density at radius 3 is 2.88 bits per heavy atom. The molecule has 0 radical (unpaired) electrons. The van der Waals surface area contributed by atoms with Gasteiger partial charge in [0.1, 0.15) is 11.5 Å². The van der Waals surface area contributed by atoms with E-state index in [-0.39, 0.29) is 17.8 Å². The lowest BCUT2D eigenvalue weighted by molar-refractivity contribution is -0.141. The summed E-state index contributed by atoms with van der Waals surface area (Å²) in [6, 6.07) is 9.76. The van der Waals surface area contributed by atoms with Crippen LogP contribution >= 0.6 is 0 Å². The molecule has 3 heterocycles. The molecule has 1 unspecified atom stereocenters. The minimum absolute atomic E-state index is 0.0645. The zero-order chi connectivity index (χ0) is 17.2. The summed E-state index contributed by atoms with van der Waals surface area (Å²) in [5.74, 6) is 1.24. The minimum atomic E-state index is -0.169. The van der Waals surface area contributed by atoms with Gasteiger partial charge in [0, 0.05) is 24.9 Å². The van der Waals surface area contributed by atoms with Crippen LogP contribution in [0.1, 0.15) is 30.7 Å². The van der Waals surface area contributed by atoms with Crippen molar-refractivity contribution in [2.45, 2.75) is 32.2 Å². The fraction of sp³-hybridized carbons (Fsp3) is 0.421. The third kappa shape index (κ3) is 3.29. The van der Waals surface area contributed by atoms with Crippen LogP contribution in [0.25, 0.3) is 11.5 Å². The highest BCUT2D eigenvalue weighted by Gasteiger charge is 2.29. The fourth-order valence-corrected chi connectivity index (χ4v) is 3.37. The van der Waals surface area contributed by atoms with Gasteiger partial charge in [-0.2, -0.15) is 0 Å². The molecule has 1 fully saturated rings. The third-order valence-corrected chi connectivity index (χ3v) is 4.85. The van der Waals surface area contributed by atoms with Crippen molar-refractivity contribution in [1.29, 1.82) is 0 Å². The van der Waals surface area contributed by atoms with Crippen molar-refractivity contribution in [3.05, 3.63) is 41.8 Å². The molecule has 25 heavy (non-hydrogen) atoms. The van der Waals surface area contributed by atoms with Gasteiger partial charge in [-0.05, 0) is 25.0 Å². The summed E-state index contributed by atoms with van der Waals surface area (Å²) >= 11 is 0. The van der Waals surface area contributed by atoms with Gasteiger partial charge >= 0.3 is 5.97 Å². The second kappa shape index (κ2) is 6.70. The number of nitrogens with zero attached hydrogens (tertiary/aromatic N) is 2. The SMILES string of the molecule is O=C1OCCC1CCC(=O)N1CCc2oc(-c3ccccc3)nc2C1. The molecule has 6 heteroatoms. The zero-order valence-electron chi connectivity index (χ0n) is 13.9. The molecule has 2 aliphatic heterocycles. The van der Waals surface area contributed by atoms with Crippen molar-refractivity contribution in [2.75, 3.05) is 13.2 Å². The number of rotatable bonds is 4. The highest BCUT2D eigenvalue weighted by Crippen LogP contribution is 2.27. The summed E-state index contributed by atoms with van der Waals surface area (Å²) in [7, 11) is 0. The number of cyclic esters (lactones) is 1. The van der Waals surface area contributed by atoms with Crippen molar-refractivity contribution < 1.29 is 18.7 Å². The Morgan fingerprint density at radius 1 is 1.28 bits per heavy atom. The van der Waals surface area contributed by atoms with Crippen molar-refractivity contribution >= 4 is 11.9 Å². The average Bonchev–Trinajstić information content (AvgIpc) is 3.25. The van der Waals surface area contributed by atoms with E-state index in [1.807, 2.05) is 30.3 Å². The van der Waals surface area contributed by atoms with Gasteiger partial charge in [0.15, 0.2) is 0 Å². The minimum Gasteiger partial charge on any atom is -0.465 e. The molecule has 1 atom stereocenters. The van der Waals surface area contributed by atoms with Crippen molar-refractivity contribution in [1.82, 2.24) is 9.88 Å². The van der Waals surface area contributed by atoms with E-state index in [2.05, 4.69) is 4.98 Å². The molecule has 1 aromatic heterocycles. The number of aromatic nitrogens is 1. The molecule has 2 aliphatic rings. The number of benzene rings is 1. The molecule has 130 valence electrons. The molecule has 1 saturated heterocycles. The van der Waals surface area contributed by atoms with Crippen LogP contribution in [-0.4, -0.2) is 34.9 Å². The van der Waals surface area contributed by atoms with Gasteiger partial charge < -0.3 is 14.1 Å². The van der Waals surface area contributed by atoms with E-state index < -0.39 is 0 Å². The third-order valence-electron chi connectivity index (χ3n) is 4.85. The van der Waals surface area contributed by atoms with Crippen molar-refractivity contribution in [2.24, 2.45) is 5.92 Å². The van der Waals surface area contributed by atoms with Crippen LogP contribution in [0, 0.1) is 5.92 Å². The van der Waals surface area contributed by atoms with Gasteiger partial charge in [-0.3, -0.25) is 9.59 Å². The van der Waals surface area contributed by atoms with Crippen molar-refractivity contribution in [3.8, 4) is 11.5 Å². The second-order valence-electron chi connectivity index (χ2n) is 6.51. The van der Waals surface area contributed by atoms with E-state index in [1.165, 1.54) is 0 Å². The van der Waals surface area contributed by atoms with Crippen LogP contribution in [0.2, 0.25) is 0 Å². The van der Waals surface area contributed by atoms with Crippen molar-refractivity contribution in [3.63, 3.8) is 0 Å². The largest absolute Gasteiger partial charge is 0.465 e. The quantitative estimate of drug-likeness (QED) is 0.800. The summed E-state index contributed by atoms with van der Waals surface area (Å²) < 4.78 is 10.8. The number of amides is 1.